The summed E-state index contributed by atoms with van der Waals surface area (Å²) in [7, 11) is 0. The molecule has 2 aromatic rings. The molecule has 0 radical (unpaired) electrons. The second-order valence-electron chi connectivity index (χ2n) is 4.91. The molecule has 0 spiro atoms. The molecule has 2 atom stereocenters. The number of nitrogens with one attached hydrogen (secondary N) is 1. The number of benzene rings is 1. The number of hydrogen-bond donors (Lipinski definition) is 1. The van der Waals surface area contributed by atoms with Crippen LogP contribution < -0.4 is 10.1 Å². The summed E-state index contributed by atoms with van der Waals surface area (Å²) in [5.41, 5.74) is 1.01. The van der Waals surface area contributed by atoms with Gasteiger partial charge in [-0.1, -0.05) is 17.3 Å². The second kappa shape index (κ2) is 5.81. The molecule has 110 valence electrons. The Morgan fingerprint density at radius 1 is 1.24 bits per heavy atom. The van der Waals surface area contributed by atoms with Gasteiger partial charge in [0.05, 0.1) is 17.5 Å². The number of anilines is 1. The van der Waals surface area contributed by atoms with Gasteiger partial charge < -0.3 is 14.6 Å². The van der Waals surface area contributed by atoms with Gasteiger partial charge in [0.15, 0.2) is 11.9 Å². The van der Waals surface area contributed by atoms with E-state index in [1.54, 1.807) is 0 Å². The van der Waals surface area contributed by atoms with Gasteiger partial charge in [0.2, 0.25) is 0 Å². The zero-order valence-corrected chi connectivity index (χ0v) is 13.0. The average molecular weight is 321 g/mol. The molecule has 1 aromatic heterocycles. The number of hydrogen-bond acceptors (Lipinski definition) is 7. The van der Waals surface area contributed by atoms with Crippen LogP contribution in [0.4, 0.5) is 5.69 Å². The lowest BCUT2D eigenvalue weighted by Gasteiger charge is -2.24. The minimum absolute atomic E-state index is 0.220. The van der Waals surface area contributed by atoms with E-state index in [4.69, 9.17) is 9.26 Å². The van der Waals surface area contributed by atoms with Crippen molar-refractivity contribution in [2.45, 2.75) is 11.4 Å². The summed E-state index contributed by atoms with van der Waals surface area (Å²) in [5.74, 6) is 5.59. The van der Waals surface area contributed by atoms with E-state index in [0.29, 0.717) is 17.7 Å². The van der Waals surface area contributed by atoms with Crippen molar-refractivity contribution in [2.75, 3.05) is 29.1 Å². The third kappa shape index (κ3) is 2.72. The third-order valence-corrected chi connectivity index (χ3v) is 6.22. The van der Waals surface area contributed by atoms with Gasteiger partial charge >= 0.3 is 0 Å². The molecule has 0 amide bonds. The predicted molar refractivity (Wildman–Crippen MR) is 85.1 cm³/mol. The zero-order valence-electron chi connectivity index (χ0n) is 11.3. The molecule has 21 heavy (non-hydrogen) atoms. The largest absolute Gasteiger partial charge is 0.477 e. The van der Waals surface area contributed by atoms with Crippen LogP contribution in [0.1, 0.15) is 23.1 Å². The number of ether oxygens (including phenoxy) is 1. The van der Waals surface area contributed by atoms with Crippen LogP contribution in [0, 0.1) is 0 Å². The van der Waals surface area contributed by atoms with Crippen molar-refractivity contribution in [3.05, 3.63) is 36.0 Å². The molecule has 0 bridgehead atoms. The molecule has 0 saturated carbocycles. The number of fused-ring (bicyclic) bond motifs is 1. The van der Waals surface area contributed by atoms with Crippen LogP contribution in [0.5, 0.6) is 5.75 Å². The number of rotatable bonds is 2. The van der Waals surface area contributed by atoms with Crippen LogP contribution in [0.15, 0.2) is 28.8 Å². The maximum atomic E-state index is 5.95. The van der Waals surface area contributed by atoms with Gasteiger partial charge in [-0.2, -0.15) is 16.7 Å². The lowest BCUT2D eigenvalue weighted by Crippen LogP contribution is -2.23. The lowest BCUT2D eigenvalue weighted by atomic mass is 10.2. The highest BCUT2D eigenvalue weighted by atomic mass is 32.2. The fourth-order valence-corrected chi connectivity index (χ4v) is 4.99. The van der Waals surface area contributed by atoms with Crippen molar-refractivity contribution in [2.24, 2.45) is 0 Å². The van der Waals surface area contributed by atoms with Gasteiger partial charge in [0, 0.05) is 17.3 Å². The first kappa shape index (κ1) is 13.3. The van der Waals surface area contributed by atoms with Gasteiger partial charge in [0.1, 0.15) is 5.75 Å². The molecule has 1 aromatic carbocycles. The Balaban J connectivity index is 1.51. The van der Waals surface area contributed by atoms with Crippen molar-refractivity contribution in [1.82, 2.24) is 10.1 Å². The summed E-state index contributed by atoms with van der Waals surface area (Å²) in [6.45, 7) is 0.644. The van der Waals surface area contributed by atoms with Gasteiger partial charge in [-0.15, -0.1) is 11.8 Å². The summed E-state index contributed by atoms with van der Waals surface area (Å²) in [6, 6.07) is 7.89. The first-order valence-corrected chi connectivity index (χ1v) is 9.13. The molecule has 5 nitrogen and oxygen atoms in total. The zero-order chi connectivity index (χ0) is 14.1. The average Bonchev–Trinajstić information content (AvgIpc) is 3.05. The van der Waals surface area contributed by atoms with Crippen LogP contribution >= 0.6 is 23.5 Å². The van der Waals surface area contributed by atoms with E-state index in [0.717, 1.165) is 28.8 Å². The number of para-hydroxylation sites is 2. The number of nitrogens with zero attached hydrogens (tertiary/aromatic N) is 2. The standard InChI is InChI=1S/C14H15N3O2S2/c1-2-4-10-9(3-1)15-7-11(18-10)14-16-13(17-19-14)12-8-20-5-6-21-12/h1-4,11-12,15H,5-8H2. The smallest absolute Gasteiger partial charge is 0.269 e. The number of thioether (sulfide) groups is 2. The highest BCUT2D eigenvalue weighted by Gasteiger charge is 2.28. The maximum absolute atomic E-state index is 5.95. The fourth-order valence-electron chi connectivity index (χ4n) is 2.40. The highest BCUT2D eigenvalue weighted by Crippen LogP contribution is 2.37. The first-order chi connectivity index (χ1) is 10.4. The molecule has 3 heterocycles. The van der Waals surface area contributed by atoms with Crippen molar-refractivity contribution >= 4 is 29.2 Å². The summed E-state index contributed by atoms with van der Waals surface area (Å²) < 4.78 is 11.4. The SMILES string of the molecule is c1ccc2c(c1)NCC(c1nc(C3CSCCS3)no1)O2. The molecule has 4 rings (SSSR count). The van der Waals surface area contributed by atoms with Crippen molar-refractivity contribution < 1.29 is 9.26 Å². The summed E-state index contributed by atoms with van der Waals surface area (Å²) in [6.07, 6.45) is -0.220. The van der Waals surface area contributed by atoms with Crippen molar-refractivity contribution in [3.8, 4) is 5.75 Å². The van der Waals surface area contributed by atoms with E-state index in [2.05, 4.69) is 15.5 Å². The molecule has 2 aliphatic rings. The van der Waals surface area contributed by atoms with Crippen LogP contribution in [-0.2, 0) is 0 Å². The molecular weight excluding hydrogens is 306 g/mol. The fraction of sp³-hybridized carbons (Fsp3) is 0.429. The minimum Gasteiger partial charge on any atom is -0.477 e. The molecule has 1 N–H and O–H groups in total. The van der Waals surface area contributed by atoms with Crippen molar-refractivity contribution in [1.29, 1.82) is 0 Å². The third-order valence-electron chi connectivity index (χ3n) is 3.47. The van der Waals surface area contributed by atoms with Crippen LogP contribution in [0.25, 0.3) is 0 Å². The Bertz CT molecular complexity index is 628. The quantitative estimate of drug-likeness (QED) is 0.911. The molecule has 1 fully saturated rings. The topological polar surface area (TPSA) is 60.2 Å². The van der Waals surface area contributed by atoms with E-state index < -0.39 is 0 Å². The monoisotopic (exact) mass is 321 g/mol. The van der Waals surface area contributed by atoms with Crippen LogP contribution in [0.3, 0.4) is 0 Å². The maximum Gasteiger partial charge on any atom is 0.269 e. The molecule has 1 saturated heterocycles. The lowest BCUT2D eigenvalue weighted by molar-refractivity contribution is 0.162. The van der Waals surface area contributed by atoms with Gasteiger partial charge in [0.25, 0.3) is 5.89 Å². The van der Waals surface area contributed by atoms with Crippen LogP contribution in [-0.4, -0.2) is 33.9 Å². The van der Waals surface area contributed by atoms with Crippen LogP contribution in [0.2, 0.25) is 0 Å². The number of aromatic nitrogens is 2. The second-order valence-corrected chi connectivity index (χ2v) is 7.37. The van der Waals surface area contributed by atoms with Gasteiger partial charge in [-0.3, -0.25) is 0 Å². The van der Waals surface area contributed by atoms with E-state index >= 15 is 0 Å². The summed E-state index contributed by atoms with van der Waals surface area (Å²) in [4.78, 5) is 4.55. The Morgan fingerprint density at radius 2 is 2.19 bits per heavy atom. The van der Waals surface area contributed by atoms with E-state index in [1.165, 1.54) is 5.75 Å². The normalized spacial score (nSPS) is 24.8. The minimum atomic E-state index is -0.220. The molecule has 7 heteroatoms. The molecule has 2 aliphatic heterocycles. The summed E-state index contributed by atoms with van der Waals surface area (Å²) in [5, 5.41) is 7.82. The molecule has 0 aliphatic carbocycles. The summed E-state index contributed by atoms with van der Waals surface area (Å²) >= 11 is 3.85. The highest BCUT2D eigenvalue weighted by molar-refractivity contribution is 8.06. The van der Waals surface area contributed by atoms with E-state index in [-0.39, 0.29) is 6.10 Å². The van der Waals surface area contributed by atoms with E-state index in [9.17, 15) is 0 Å². The Labute approximate surface area is 131 Å². The predicted octanol–water partition coefficient (Wildman–Crippen LogP) is 3.14. The van der Waals surface area contributed by atoms with E-state index in [1.807, 2.05) is 47.8 Å². The first-order valence-electron chi connectivity index (χ1n) is 6.92. The van der Waals surface area contributed by atoms with Crippen molar-refractivity contribution in [3.63, 3.8) is 0 Å². The molecule has 2 unspecified atom stereocenters. The Kier molecular flexibility index (Phi) is 3.69. The Morgan fingerprint density at radius 3 is 3.10 bits per heavy atom. The Hall–Kier alpha value is -1.34. The van der Waals surface area contributed by atoms with Gasteiger partial charge in [-0.25, -0.2) is 0 Å². The van der Waals surface area contributed by atoms with Gasteiger partial charge in [-0.05, 0) is 12.1 Å². The molecular formula is C14H15N3O2S2.